The molecule has 4 aromatic rings. The maximum absolute atomic E-state index is 14.0. The topological polar surface area (TPSA) is 74.2 Å². The number of dihydropyridines is 1. The molecule has 0 saturated heterocycles. The highest BCUT2D eigenvalue weighted by molar-refractivity contribution is 8.03. The molecule has 1 heterocycles. The van der Waals surface area contributed by atoms with E-state index < -0.39 is 5.92 Å². The van der Waals surface area contributed by atoms with Crippen molar-refractivity contribution in [2.45, 2.75) is 38.4 Å². The Balaban J connectivity index is 1.59. The molecule has 5 nitrogen and oxygen atoms in total. The maximum atomic E-state index is 14.0. The minimum atomic E-state index is -0.676. The zero-order chi connectivity index (χ0) is 31.2. The highest BCUT2D eigenvalue weighted by Crippen LogP contribution is 2.47. The van der Waals surface area contributed by atoms with Crippen LogP contribution >= 0.6 is 23.4 Å². The van der Waals surface area contributed by atoms with Gasteiger partial charge >= 0.3 is 0 Å². The van der Waals surface area contributed by atoms with Crippen LogP contribution < -0.4 is 15.4 Å². The third-order valence-electron chi connectivity index (χ3n) is 7.60. The molecule has 0 spiro atoms. The number of nitrogens with one attached hydrogen (secondary N) is 2. The summed E-state index contributed by atoms with van der Waals surface area (Å²) in [6.07, 6.45) is 0.766. The number of halogens is 1. The van der Waals surface area contributed by atoms with Crippen LogP contribution in [-0.4, -0.2) is 13.0 Å². The monoisotopic (exact) mass is 619 g/mol. The van der Waals surface area contributed by atoms with Crippen LogP contribution in [-0.2, 0) is 11.2 Å². The third-order valence-corrected chi connectivity index (χ3v) is 9.22. The molecule has 1 aliphatic heterocycles. The number of methoxy groups -OCH3 is 1. The van der Waals surface area contributed by atoms with Crippen molar-refractivity contribution < 1.29 is 9.53 Å². The maximum Gasteiger partial charge on any atom is 0.254 e. The molecule has 1 aliphatic rings. The van der Waals surface area contributed by atoms with Gasteiger partial charge in [-0.2, -0.15) is 5.26 Å². The van der Waals surface area contributed by atoms with Gasteiger partial charge in [0.15, 0.2) is 0 Å². The van der Waals surface area contributed by atoms with E-state index in [1.165, 1.54) is 16.7 Å². The zero-order valence-corrected chi connectivity index (χ0v) is 26.7. The standard InChI is InChI=1S/C37H34ClN3O2S/c1-23-18-24(2)20-26(19-23)21-33(27-12-6-5-7-13-27)44-37-29(22-39)35(28-14-8-9-15-30(28)38)34(25(3)40-37)36(42)41-31-16-10-11-17-32(31)43-4/h5-20,33,35,40H,21H2,1-4H3,(H,41,42). The summed E-state index contributed by atoms with van der Waals surface area (Å²) >= 11 is 8.37. The van der Waals surface area contributed by atoms with E-state index in [0.717, 1.165) is 12.0 Å². The summed E-state index contributed by atoms with van der Waals surface area (Å²) < 4.78 is 5.47. The first kappa shape index (κ1) is 31.0. The second-order valence-electron chi connectivity index (χ2n) is 10.8. The Labute approximate surface area is 268 Å². The molecule has 0 saturated carbocycles. The number of anilines is 1. The van der Waals surface area contributed by atoms with Crippen LogP contribution in [0.4, 0.5) is 5.69 Å². The number of para-hydroxylation sites is 2. The van der Waals surface area contributed by atoms with Crippen molar-refractivity contribution >= 4 is 35.0 Å². The van der Waals surface area contributed by atoms with E-state index in [2.05, 4.69) is 60.9 Å². The van der Waals surface area contributed by atoms with Crippen LogP contribution in [0.1, 0.15) is 45.9 Å². The smallest absolute Gasteiger partial charge is 0.254 e. The Bertz CT molecular complexity index is 1770. The van der Waals surface area contributed by atoms with Gasteiger partial charge in [0.05, 0.1) is 35.4 Å². The van der Waals surface area contributed by atoms with E-state index in [1.54, 1.807) is 37.1 Å². The van der Waals surface area contributed by atoms with E-state index in [0.29, 0.717) is 43.9 Å². The highest BCUT2D eigenvalue weighted by atomic mass is 35.5. The van der Waals surface area contributed by atoms with E-state index >= 15 is 0 Å². The zero-order valence-electron chi connectivity index (χ0n) is 25.1. The number of amides is 1. The summed E-state index contributed by atoms with van der Waals surface area (Å²) in [6, 6.07) is 34.0. The minimum absolute atomic E-state index is 0.00639. The molecular formula is C37H34ClN3O2S. The Morgan fingerprint density at radius 1 is 0.977 bits per heavy atom. The van der Waals surface area contributed by atoms with Crippen LogP contribution in [0.3, 0.4) is 0 Å². The number of carbonyl (C=O) groups excluding carboxylic acids is 1. The van der Waals surface area contributed by atoms with Gasteiger partial charge < -0.3 is 15.4 Å². The van der Waals surface area contributed by atoms with Gasteiger partial charge in [0.1, 0.15) is 5.75 Å². The summed E-state index contributed by atoms with van der Waals surface area (Å²) in [7, 11) is 1.56. The molecule has 0 aromatic heterocycles. The lowest BCUT2D eigenvalue weighted by Gasteiger charge is -2.32. The lowest BCUT2D eigenvalue weighted by atomic mass is 9.82. The molecule has 44 heavy (non-hydrogen) atoms. The fourth-order valence-electron chi connectivity index (χ4n) is 5.70. The van der Waals surface area contributed by atoms with Crippen LogP contribution in [0.2, 0.25) is 5.02 Å². The third kappa shape index (κ3) is 6.86. The van der Waals surface area contributed by atoms with E-state index in [-0.39, 0.29) is 11.2 Å². The van der Waals surface area contributed by atoms with E-state index in [9.17, 15) is 10.1 Å². The Hall–Kier alpha value is -4.44. The lowest BCUT2D eigenvalue weighted by molar-refractivity contribution is -0.113. The SMILES string of the molecule is COc1ccccc1NC(=O)C1=C(C)NC(SC(Cc2cc(C)cc(C)c2)c2ccccc2)=C(C#N)C1c1ccccc1Cl. The van der Waals surface area contributed by atoms with Crippen molar-refractivity contribution in [3.63, 3.8) is 0 Å². The first-order valence-corrected chi connectivity index (χ1v) is 15.6. The van der Waals surface area contributed by atoms with Gasteiger partial charge in [-0.15, -0.1) is 0 Å². The molecule has 4 aromatic carbocycles. The first-order valence-electron chi connectivity index (χ1n) is 14.4. The number of aryl methyl sites for hydroxylation is 2. The second-order valence-corrected chi connectivity index (χ2v) is 12.5. The number of hydrogen-bond donors (Lipinski definition) is 2. The molecular weight excluding hydrogens is 586 g/mol. The van der Waals surface area contributed by atoms with Gasteiger partial charge in [-0.05, 0) is 62.1 Å². The number of ether oxygens (including phenoxy) is 1. The second kappa shape index (κ2) is 13.9. The largest absolute Gasteiger partial charge is 0.495 e. The Kier molecular flexibility index (Phi) is 9.79. The van der Waals surface area contributed by atoms with Crippen LogP contribution in [0.15, 0.2) is 119 Å². The van der Waals surface area contributed by atoms with Crippen molar-refractivity contribution in [2.24, 2.45) is 0 Å². The predicted molar refractivity (Wildman–Crippen MR) is 181 cm³/mol. The predicted octanol–water partition coefficient (Wildman–Crippen LogP) is 9.02. The minimum Gasteiger partial charge on any atom is -0.495 e. The fraction of sp³-hybridized carbons (Fsp3) is 0.189. The van der Waals surface area contributed by atoms with Crippen molar-refractivity contribution in [1.82, 2.24) is 5.32 Å². The molecule has 5 rings (SSSR count). The number of benzene rings is 4. The molecule has 7 heteroatoms. The van der Waals surface area contributed by atoms with Crippen molar-refractivity contribution in [2.75, 3.05) is 12.4 Å². The summed E-state index contributed by atoms with van der Waals surface area (Å²) in [5.41, 5.74) is 7.57. The molecule has 0 bridgehead atoms. The van der Waals surface area contributed by atoms with Gasteiger partial charge in [-0.25, -0.2) is 0 Å². The average molecular weight is 620 g/mol. The van der Waals surface area contributed by atoms with Crippen molar-refractivity contribution in [3.05, 3.63) is 152 Å². The van der Waals surface area contributed by atoms with Crippen molar-refractivity contribution in [3.8, 4) is 11.8 Å². The molecule has 222 valence electrons. The fourth-order valence-corrected chi connectivity index (χ4v) is 7.30. The number of thioether (sulfide) groups is 1. The number of nitriles is 1. The van der Waals surface area contributed by atoms with Crippen LogP contribution in [0, 0.1) is 25.2 Å². The van der Waals surface area contributed by atoms with Gasteiger partial charge in [-0.1, -0.05) is 113 Å². The van der Waals surface area contributed by atoms with Crippen LogP contribution in [0.5, 0.6) is 5.75 Å². The summed E-state index contributed by atoms with van der Waals surface area (Å²) in [6.45, 7) is 6.09. The lowest BCUT2D eigenvalue weighted by Crippen LogP contribution is -2.31. The van der Waals surface area contributed by atoms with Gasteiger partial charge in [0.25, 0.3) is 5.91 Å². The molecule has 0 fully saturated rings. The Morgan fingerprint density at radius 2 is 1.64 bits per heavy atom. The Morgan fingerprint density at radius 3 is 2.32 bits per heavy atom. The summed E-state index contributed by atoms with van der Waals surface area (Å²) in [5.74, 6) is -0.470. The molecule has 2 N–H and O–H groups in total. The number of hydrogen-bond acceptors (Lipinski definition) is 5. The van der Waals surface area contributed by atoms with E-state index in [4.69, 9.17) is 16.3 Å². The molecule has 2 atom stereocenters. The highest BCUT2D eigenvalue weighted by Gasteiger charge is 2.37. The molecule has 1 amide bonds. The van der Waals surface area contributed by atoms with Crippen LogP contribution in [0.25, 0.3) is 0 Å². The van der Waals surface area contributed by atoms with Gasteiger partial charge in [-0.3, -0.25) is 4.79 Å². The molecule has 0 aliphatic carbocycles. The summed E-state index contributed by atoms with van der Waals surface area (Å²) in [4.78, 5) is 14.0. The van der Waals surface area contributed by atoms with Crippen molar-refractivity contribution in [1.29, 1.82) is 5.26 Å². The van der Waals surface area contributed by atoms with Gasteiger partial charge in [0.2, 0.25) is 0 Å². The number of allylic oxidation sites excluding steroid dienone is 2. The molecule has 0 radical (unpaired) electrons. The first-order chi connectivity index (χ1) is 21.3. The number of rotatable bonds is 9. The normalized spacial score (nSPS) is 15.3. The number of nitrogens with zero attached hydrogens (tertiary/aromatic N) is 1. The molecule has 2 unspecified atom stereocenters. The summed E-state index contributed by atoms with van der Waals surface area (Å²) in [5, 5.41) is 18.4. The number of carbonyl (C=O) groups is 1. The van der Waals surface area contributed by atoms with E-state index in [1.807, 2.05) is 55.5 Å². The van der Waals surface area contributed by atoms with Gasteiger partial charge in [0, 0.05) is 21.5 Å². The quantitative estimate of drug-likeness (QED) is 0.196. The average Bonchev–Trinajstić information content (AvgIpc) is 3.01.